The van der Waals surface area contributed by atoms with E-state index >= 15 is 0 Å². The van der Waals surface area contributed by atoms with Crippen LogP contribution in [0, 0.1) is 5.41 Å². The molecule has 6 rings (SSSR count). The van der Waals surface area contributed by atoms with Gasteiger partial charge in [-0.25, -0.2) is 4.79 Å². The standard InChI is InChI=1S/C39H46ClF3N4O3/c1-37(2,3)50-36(48)44-18-6-19-47-26-33(29-10-12-31(13-11-29)49-39(41,42)43)32-23-28(9-14-35(32)47)24-46-22-17-38(27-46)15-20-45(21-16-38)25-30-7-4-5-8-34(30)40/h4-5,7-14,23,26H,6,15-22,24-25,27H2,1-3H3,(H,44,48). The van der Waals surface area contributed by atoms with E-state index in [1.54, 1.807) is 12.1 Å². The van der Waals surface area contributed by atoms with E-state index in [0.717, 1.165) is 66.3 Å². The molecular weight excluding hydrogens is 665 g/mol. The lowest BCUT2D eigenvalue weighted by molar-refractivity contribution is -0.274. The Kier molecular flexibility index (Phi) is 10.7. The minimum atomic E-state index is -4.75. The molecule has 11 heteroatoms. The Morgan fingerprint density at radius 3 is 2.30 bits per heavy atom. The SMILES string of the molecule is CC(C)(C)OC(=O)NCCCn1cc(-c2ccc(OC(F)(F)F)cc2)c2cc(CN3CCC4(CCN(Cc5ccccc5Cl)CC4)C3)ccc21. The highest BCUT2D eigenvalue weighted by Crippen LogP contribution is 2.42. The fourth-order valence-electron chi connectivity index (χ4n) is 7.33. The first-order chi connectivity index (χ1) is 23.7. The molecule has 1 amide bonds. The summed E-state index contributed by atoms with van der Waals surface area (Å²) >= 11 is 6.43. The second-order valence-corrected chi connectivity index (χ2v) is 15.2. The molecule has 7 nitrogen and oxygen atoms in total. The van der Waals surface area contributed by atoms with Crippen LogP contribution in [0.25, 0.3) is 22.0 Å². The van der Waals surface area contributed by atoms with Crippen LogP contribution in [0.5, 0.6) is 5.75 Å². The first kappa shape index (κ1) is 36.1. The molecule has 0 radical (unpaired) electrons. The molecule has 2 fully saturated rings. The van der Waals surface area contributed by atoms with Gasteiger partial charge in [-0.3, -0.25) is 9.80 Å². The van der Waals surface area contributed by atoms with E-state index in [4.69, 9.17) is 16.3 Å². The summed E-state index contributed by atoms with van der Waals surface area (Å²) in [7, 11) is 0. The van der Waals surface area contributed by atoms with Crippen LogP contribution < -0.4 is 10.1 Å². The zero-order valence-electron chi connectivity index (χ0n) is 29.0. The maximum atomic E-state index is 12.8. The summed E-state index contributed by atoms with van der Waals surface area (Å²) in [6, 6.07) is 20.7. The van der Waals surface area contributed by atoms with Gasteiger partial charge in [0.15, 0.2) is 0 Å². The summed E-state index contributed by atoms with van der Waals surface area (Å²) in [5, 5.41) is 4.68. The fraction of sp³-hybridized carbons (Fsp3) is 0.462. The highest BCUT2D eigenvalue weighted by Gasteiger charge is 2.40. The molecule has 1 spiro atoms. The van der Waals surface area contributed by atoms with Crippen molar-refractivity contribution in [3.8, 4) is 16.9 Å². The van der Waals surface area contributed by atoms with E-state index in [1.165, 1.54) is 42.5 Å². The first-order valence-corrected chi connectivity index (χ1v) is 17.8. The predicted molar refractivity (Wildman–Crippen MR) is 191 cm³/mol. The zero-order chi connectivity index (χ0) is 35.5. The normalized spacial score (nSPS) is 17.0. The van der Waals surface area contributed by atoms with Crippen LogP contribution in [0.4, 0.5) is 18.0 Å². The van der Waals surface area contributed by atoms with Gasteiger partial charge in [-0.1, -0.05) is 48.0 Å². The number of aromatic nitrogens is 1. The number of carbonyl (C=O) groups is 1. The number of hydrogen-bond donors (Lipinski definition) is 1. The number of alkyl carbamates (subject to hydrolysis) is 1. The minimum Gasteiger partial charge on any atom is -0.444 e. The molecule has 0 atom stereocenters. The van der Waals surface area contributed by atoms with Gasteiger partial charge in [0.1, 0.15) is 11.4 Å². The molecule has 2 saturated heterocycles. The van der Waals surface area contributed by atoms with Crippen molar-refractivity contribution >= 4 is 28.6 Å². The van der Waals surface area contributed by atoms with E-state index in [2.05, 4.69) is 48.7 Å². The monoisotopic (exact) mass is 710 g/mol. The number of amides is 1. The van der Waals surface area contributed by atoms with Crippen LogP contribution in [-0.2, 0) is 24.4 Å². The number of rotatable bonds is 10. The van der Waals surface area contributed by atoms with Crippen molar-refractivity contribution in [1.29, 1.82) is 0 Å². The summed E-state index contributed by atoms with van der Waals surface area (Å²) in [6.07, 6.45) is 1.07. The van der Waals surface area contributed by atoms with Gasteiger partial charge in [0.25, 0.3) is 0 Å². The van der Waals surface area contributed by atoms with Crippen molar-refractivity contribution in [2.75, 3.05) is 32.7 Å². The van der Waals surface area contributed by atoms with E-state index < -0.39 is 18.1 Å². The summed E-state index contributed by atoms with van der Waals surface area (Å²) < 4.78 is 50.1. The van der Waals surface area contributed by atoms with Crippen molar-refractivity contribution in [3.05, 3.63) is 89.1 Å². The number of ether oxygens (including phenoxy) is 2. The van der Waals surface area contributed by atoms with E-state index in [0.29, 0.717) is 24.9 Å². The van der Waals surface area contributed by atoms with Gasteiger partial charge in [-0.15, -0.1) is 13.2 Å². The average Bonchev–Trinajstić information content (AvgIpc) is 3.61. The number of likely N-dealkylation sites (tertiary alicyclic amines) is 2. The third-order valence-electron chi connectivity index (χ3n) is 9.78. The van der Waals surface area contributed by atoms with Gasteiger partial charge in [0, 0.05) is 60.4 Å². The Hall–Kier alpha value is -3.73. The second kappa shape index (κ2) is 14.9. The molecule has 2 aliphatic heterocycles. The summed E-state index contributed by atoms with van der Waals surface area (Å²) in [6.45, 7) is 12.6. The topological polar surface area (TPSA) is 59.0 Å². The van der Waals surface area contributed by atoms with Gasteiger partial charge in [0.2, 0.25) is 0 Å². The number of nitrogens with zero attached hydrogens (tertiary/aromatic N) is 3. The molecule has 4 aromatic rings. The number of piperidine rings is 1. The van der Waals surface area contributed by atoms with Gasteiger partial charge >= 0.3 is 12.5 Å². The van der Waals surface area contributed by atoms with Crippen LogP contribution in [0.2, 0.25) is 5.02 Å². The Balaban J connectivity index is 1.14. The van der Waals surface area contributed by atoms with Crippen molar-refractivity contribution < 1.29 is 27.4 Å². The Morgan fingerprint density at radius 1 is 0.920 bits per heavy atom. The number of aryl methyl sites for hydroxylation is 1. The highest BCUT2D eigenvalue weighted by molar-refractivity contribution is 6.31. The van der Waals surface area contributed by atoms with Crippen LogP contribution in [0.3, 0.4) is 0 Å². The van der Waals surface area contributed by atoms with E-state index in [1.807, 2.05) is 45.2 Å². The Labute approximate surface area is 297 Å². The molecule has 0 unspecified atom stereocenters. The maximum absolute atomic E-state index is 12.8. The molecule has 1 aromatic heterocycles. The van der Waals surface area contributed by atoms with Crippen molar-refractivity contribution in [1.82, 2.24) is 19.7 Å². The van der Waals surface area contributed by atoms with Gasteiger partial charge in [-0.2, -0.15) is 0 Å². The van der Waals surface area contributed by atoms with Gasteiger partial charge in [0.05, 0.1) is 0 Å². The van der Waals surface area contributed by atoms with Crippen LogP contribution in [0.15, 0.2) is 72.9 Å². The van der Waals surface area contributed by atoms with E-state index in [9.17, 15) is 18.0 Å². The fourth-order valence-corrected chi connectivity index (χ4v) is 7.53. The van der Waals surface area contributed by atoms with Crippen molar-refractivity contribution in [2.45, 2.75) is 78.1 Å². The third-order valence-corrected chi connectivity index (χ3v) is 10.1. The smallest absolute Gasteiger partial charge is 0.444 e. The summed E-state index contributed by atoms with van der Waals surface area (Å²) in [4.78, 5) is 17.2. The van der Waals surface area contributed by atoms with Gasteiger partial charge in [-0.05, 0) is 119 Å². The van der Waals surface area contributed by atoms with Crippen molar-refractivity contribution in [3.63, 3.8) is 0 Å². The van der Waals surface area contributed by atoms with Crippen LogP contribution in [-0.4, -0.2) is 65.1 Å². The number of benzene rings is 3. The molecule has 0 saturated carbocycles. The molecular formula is C39H46ClF3N4O3. The lowest BCUT2D eigenvalue weighted by Gasteiger charge is -2.39. The molecule has 268 valence electrons. The minimum absolute atomic E-state index is 0.253. The number of fused-ring (bicyclic) bond motifs is 1. The second-order valence-electron chi connectivity index (χ2n) is 14.8. The summed E-state index contributed by atoms with van der Waals surface area (Å²) in [5.41, 5.74) is 4.92. The van der Waals surface area contributed by atoms with Crippen LogP contribution in [0.1, 0.15) is 57.6 Å². The van der Waals surface area contributed by atoms with Crippen LogP contribution >= 0.6 is 11.6 Å². The largest absolute Gasteiger partial charge is 0.573 e. The van der Waals surface area contributed by atoms with Crippen molar-refractivity contribution in [2.24, 2.45) is 5.41 Å². The third kappa shape index (κ3) is 9.33. The highest BCUT2D eigenvalue weighted by atomic mass is 35.5. The Bertz CT molecular complexity index is 1780. The molecule has 3 heterocycles. The molecule has 50 heavy (non-hydrogen) atoms. The lowest BCUT2D eigenvalue weighted by atomic mass is 9.77. The molecule has 1 N–H and O–H groups in total. The number of alkyl halides is 3. The lowest BCUT2D eigenvalue weighted by Crippen LogP contribution is -2.41. The average molecular weight is 711 g/mol. The van der Waals surface area contributed by atoms with E-state index in [-0.39, 0.29) is 5.75 Å². The Morgan fingerprint density at radius 2 is 1.62 bits per heavy atom. The molecule has 0 aliphatic carbocycles. The van der Waals surface area contributed by atoms with Gasteiger partial charge < -0.3 is 19.4 Å². The number of nitrogens with one attached hydrogen (secondary N) is 1. The molecule has 3 aromatic carbocycles. The predicted octanol–water partition coefficient (Wildman–Crippen LogP) is 9.26. The number of hydrogen-bond acceptors (Lipinski definition) is 5. The molecule has 0 bridgehead atoms. The summed E-state index contributed by atoms with van der Waals surface area (Å²) in [5.74, 6) is -0.253. The quantitative estimate of drug-likeness (QED) is 0.166. The molecule has 2 aliphatic rings. The number of halogens is 4. The first-order valence-electron chi connectivity index (χ1n) is 17.4. The number of carbonyl (C=O) groups excluding carboxylic acids is 1. The zero-order valence-corrected chi connectivity index (χ0v) is 29.7. The maximum Gasteiger partial charge on any atom is 0.573 e.